The summed E-state index contributed by atoms with van der Waals surface area (Å²) in [5.41, 5.74) is -0.809. The van der Waals surface area contributed by atoms with Gasteiger partial charge in [-0.3, -0.25) is 9.59 Å². The van der Waals surface area contributed by atoms with Crippen LogP contribution in [0, 0.1) is 0 Å². The first-order valence-electron chi connectivity index (χ1n) is 9.87. The number of rotatable bonds is 8. The lowest BCUT2D eigenvalue weighted by molar-refractivity contribution is -0.139. The van der Waals surface area contributed by atoms with Crippen LogP contribution >= 0.6 is 50.7 Å². The highest BCUT2D eigenvalue weighted by atomic mass is 79.9. The van der Waals surface area contributed by atoms with Crippen LogP contribution in [0.1, 0.15) is 34.3 Å². The molecule has 2 aromatic carbocycles. The molecule has 0 saturated carbocycles. The molecule has 2 rings (SSSR count). The van der Waals surface area contributed by atoms with Crippen LogP contribution in [0.5, 0.6) is 0 Å². The van der Waals surface area contributed by atoms with Crippen LogP contribution in [0.25, 0.3) is 5.83 Å². The highest BCUT2D eigenvalue weighted by Gasteiger charge is 2.40. The molecular weight excluding hydrogens is 625 g/mol. The first-order chi connectivity index (χ1) is 16.6. The van der Waals surface area contributed by atoms with Crippen molar-refractivity contribution < 1.29 is 35.9 Å². The first-order valence-corrected chi connectivity index (χ1v) is 11.8. The van der Waals surface area contributed by atoms with Crippen LogP contribution < -0.4 is 10.6 Å². The van der Waals surface area contributed by atoms with Crippen LogP contribution in [-0.4, -0.2) is 37.0 Å². The monoisotopic (exact) mass is 638 g/mol. The van der Waals surface area contributed by atoms with Gasteiger partial charge in [-0.25, -0.2) is 13.2 Å². The van der Waals surface area contributed by atoms with Crippen molar-refractivity contribution in [2.45, 2.75) is 31.5 Å². The smallest absolute Gasteiger partial charge is 0.349 e. The van der Waals surface area contributed by atoms with E-state index in [9.17, 15) is 35.9 Å². The third-order valence-corrected chi connectivity index (χ3v) is 6.54. The van der Waals surface area contributed by atoms with Crippen molar-refractivity contribution in [3.63, 3.8) is 0 Å². The summed E-state index contributed by atoms with van der Waals surface area (Å²) in [6.45, 7) is 0.367. The number of benzene rings is 2. The van der Waals surface area contributed by atoms with E-state index in [2.05, 4.69) is 21.2 Å². The molecule has 14 heteroatoms. The van der Waals surface area contributed by atoms with Crippen molar-refractivity contribution in [2.75, 3.05) is 6.54 Å². The normalized spacial score (nSPS) is 13.9. The Hall–Kier alpha value is -1.95. The molecule has 0 saturated heterocycles. The predicted molar refractivity (Wildman–Crippen MR) is 129 cm³/mol. The molecule has 196 valence electrons. The highest BCUT2D eigenvalue weighted by Crippen LogP contribution is 2.42. The van der Waals surface area contributed by atoms with Crippen LogP contribution in [0.2, 0.25) is 15.1 Å². The summed E-state index contributed by atoms with van der Waals surface area (Å²) < 4.78 is 80.5. The van der Waals surface area contributed by atoms with Gasteiger partial charge in [-0.1, -0.05) is 40.9 Å². The maximum absolute atomic E-state index is 14.9. The predicted octanol–water partition coefficient (Wildman–Crippen LogP) is 7.57. The number of carbonyl (C=O) groups excluding carboxylic acids is 2. The van der Waals surface area contributed by atoms with Gasteiger partial charge in [0.05, 0.1) is 27.2 Å². The number of amides is 2. The Morgan fingerprint density at radius 2 is 1.67 bits per heavy atom. The minimum atomic E-state index is -4.91. The van der Waals surface area contributed by atoms with Gasteiger partial charge in [0.1, 0.15) is 17.8 Å². The van der Waals surface area contributed by atoms with Crippen molar-refractivity contribution in [3.05, 3.63) is 72.6 Å². The number of halogens is 10. The standard InChI is InChI=1S/C22H16BrCl3F6N2O2/c1-9(20(35)33-8-18(28)29)34-21(36)12-3-2-10(4-14(12)23)17(27)7-13(22(30,31)32)11-5-15(24)19(26)16(25)6-11/h2-7,9,13,18H,8H2,1H3,(H,33,35)(H,34,36)/b17-7-. The summed E-state index contributed by atoms with van der Waals surface area (Å²) in [6, 6.07) is 3.93. The highest BCUT2D eigenvalue weighted by molar-refractivity contribution is 9.10. The summed E-state index contributed by atoms with van der Waals surface area (Å²) >= 11 is 20.5. The summed E-state index contributed by atoms with van der Waals surface area (Å²) in [6.07, 6.45) is -7.35. The Balaban J connectivity index is 2.29. The van der Waals surface area contributed by atoms with Gasteiger partial charge >= 0.3 is 6.18 Å². The van der Waals surface area contributed by atoms with E-state index in [4.69, 9.17) is 34.8 Å². The van der Waals surface area contributed by atoms with E-state index in [0.717, 1.165) is 30.3 Å². The molecule has 0 heterocycles. The van der Waals surface area contributed by atoms with Crippen molar-refractivity contribution in [3.8, 4) is 0 Å². The molecule has 2 amide bonds. The van der Waals surface area contributed by atoms with Crippen molar-refractivity contribution >= 4 is 68.4 Å². The molecular formula is C22H16BrCl3F6N2O2. The zero-order chi connectivity index (χ0) is 27.4. The van der Waals surface area contributed by atoms with E-state index < -0.39 is 54.3 Å². The largest absolute Gasteiger partial charge is 0.399 e. The number of nitrogens with one attached hydrogen (secondary N) is 2. The zero-order valence-corrected chi connectivity index (χ0v) is 21.9. The Morgan fingerprint density at radius 1 is 1.08 bits per heavy atom. The fourth-order valence-electron chi connectivity index (χ4n) is 2.90. The van der Waals surface area contributed by atoms with E-state index in [-0.39, 0.29) is 30.7 Å². The fourth-order valence-corrected chi connectivity index (χ4v) is 4.07. The van der Waals surface area contributed by atoms with Crippen molar-refractivity contribution in [1.29, 1.82) is 0 Å². The molecule has 36 heavy (non-hydrogen) atoms. The number of alkyl halides is 5. The Bertz CT molecular complexity index is 1150. The lowest BCUT2D eigenvalue weighted by Gasteiger charge is -2.19. The molecule has 0 radical (unpaired) electrons. The van der Waals surface area contributed by atoms with Gasteiger partial charge in [-0.05, 0) is 58.8 Å². The lowest BCUT2D eigenvalue weighted by Crippen LogP contribution is -2.46. The SMILES string of the molecule is CC(NC(=O)c1ccc(/C(F)=C/C(c2cc(Cl)c(Cl)c(Cl)c2)C(F)(F)F)cc1Br)C(=O)NCC(F)F. The molecule has 2 atom stereocenters. The second-order valence-corrected chi connectivity index (χ2v) is 9.41. The molecule has 0 spiro atoms. The molecule has 2 unspecified atom stereocenters. The van der Waals surface area contributed by atoms with E-state index in [1.54, 1.807) is 0 Å². The third kappa shape index (κ3) is 8.03. The van der Waals surface area contributed by atoms with Gasteiger partial charge in [0, 0.05) is 10.0 Å². The summed E-state index contributed by atoms with van der Waals surface area (Å²) in [7, 11) is 0. The van der Waals surface area contributed by atoms with Gasteiger partial charge in [0.2, 0.25) is 5.91 Å². The number of hydrogen-bond donors (Lipinski definition) is 2. The van der Waals surface area contributed by atoms with Gasteiger partial charge in [-0.2, -0.15) is 13.2 Å². The van der Waals surface area contributed by atoms with Crippen LogP contribution in [0.3, 0.4) is 0 Å². The zero-order valence-electron chi connectivity index (χ0n) is 18.0. The maximum atomic E-state index is 14.9. The molecule has 2 N–H and O–H groups in total. The van der Waals surface area contributed by atoms with E-state index >= 15 is 0 Å². The molecule has 0 aromatic heterocycles. The minimum absolute atomic E-state index is 0.00220. The first kappa shape index (κ1) is 30.3. The second kappa shape index (κ2) is 12.5. The van der Waals surface area contributed by atoms with Gasteiger partial charge in [0.25, 0.3) is 12.3 Å². The molecule has 0 aliphatic heterocycles. The van der Waals surface area contributed by atoms with Crippen LogP contribution in [-0.2, 0) is 4.79 Å². The lowest BCUT2D eigenvalue weighted by atomic mass is 9.96. The summed E-state index contributed by atoms with van der Waals surface area (Å²) in [5, 5.41) is 3.60. The topological polar surface area (TPSA) is 58.2 Å². The number of hydrogen-bond acceptors (Lipinski definition) is 2. The Morgan fingerprint density at radius 3 is 2.17 bits per heavy atom. The Labute approximate surface area is 225 Å². The number of carbonyl (C=O) groups is 2. The maximum Gasteiger partial charge on any atom is 0.399 e. The molecule has 0 aliphatic carbocycles. The summed E-state index contributed by atoms with van der Waals surface area (Å²) in [4.78, 5) is 24.2. The van der Waals surface area contributed by atoms with E-state index in [1.807, 2.05) is 5.32 Å². The molecule has 4 nitrogen and oxygen atoms in total. The summed E-state index contributed by atoms with van der Waals surface area (Å²) in [5.74, 6) is -5.34. The van der Waals surface area contributed by atoms with Crippen LogP contribution in [0.15, 0.2) is 40.9 Å². The molecule has 0 fully saturated rings. The van der Waals surface area contributed by atoms with Crippen molar-refractivity contribution in [1.82, 2.24) is 10.6 Å². The van der Waals surface area contributed by atoms with E-state index in [0.29, 0.717) is 6.08 Å². The van der Waals surface area contributed by atoms with Gasteiger partial charge in [0.15, 0.2) is 0 Å². The Kier molecular flexibility index (Phi) is 10.5. The third-order valence-electron chi connectivity index (χ3n) is 4.69. The van der Waals surface area contributed by atoms with E-state index in [1.165, 1.54) is 6.92 Å². The average Bonchev–Trinajstić information content (AvgIpc) is 2.77. The van der Waals surface area contributed by atoms with Gasteiger partial charge in [-0.15, -0.1) is 0 Å². The fraction of sp³-hybridized carbons (Fsp3) is 0.273. The minimum Gasteiger partial charge on any atom is -0.349 e. The van der Waals surface area contributed by atoms with Crippen molar-refractivity contribution in [2.24, 2.45) is 0 Å². The second-order valence-electron chi connectivity index (χ2n) is 7.36. The average molecular weight is 641 g/mol. The quantitative estimate of drug-likeness (QED) is 0.231. The molecule has 0 aliphatic rings. The molecule has 2 aromatic rings. The van der Waals surface area contributed by atoms with Crippen LogP contribution in [0.4, 0.5) is 26.3 Å². The van der Waals surface area contributed by atoms with Gasteiger partial charge < -0.3 is 10.6 Å². The molecule has 0 bridgehead atoms. The number of allylic oxidation sites excluding steroid dienone is 1.